The summed E-state index contributed by atoms with van der Waals surface area (Å²) >= 11 is 1.53. The van der Waals surface area contributed by atoms with Crippen LogP contribution in [0.4, 0.5) is 5.82 Å². The third-order valence-electron chi connectivity index (χ3n) is 2.91. The summed E-state index contributed by atoms with van der Waals surface area (Å²) < 4.78 is 10.0. The molecule has 2 heterocycles. The van der Waals surface area contributed by atoms with Gasteiger partial charge in [0.15, 0.2) is 5.82 Å². The van der Waals surface area contributed by atoms with Gasteiger partial charge in [0.25, 0.3) is 0 Å². The third-order valence-corrected chi connectivity index (χ3v) is 4.08. The second-order valence-electron chi connectivity index (χ2n) is 4.57. The van der Waals surface area contributed by atoms with Gasteiger partial charge in [-0.05, 0) is 27.7 Å². The van der Waals surface area contributed by atoms with Crippen LogP contribution in [0.5, 0.6) is 0 Å². The highest BCUT2D eigenvalue weighted by Crippen LogP contribution is 2.23. The van der Waals surface area contributed by atoms with E-state index in [2.05, 4.69) is 15.6 Å². The molecule has 2 aromatic heterocycles. The molecule has 6 nitrogen and oxygen atoms in total. The number of amides is 1. The lowest BCUT2D eigenvalue weighted by Gasteiger charge is -2.10. The highest BCUT2D eigenvalue weighted by atomic mass is 32.2. The van der Waals surface area contributed by atoms with Crippen molar-refractivity contribution in [3.8, 4) is 0 Å². The van der Waals surface area contributed by atoms with Gasteiger partial charge >= 0.3 is 0 Å². The SMILES string of the molecule is Cc1cc(NC(=O)[C@H](C)SCc2c(C)noc2C)no1. The molecule has 0 saturated heterocycles. The van der Waals surface area contributed by atoms with Crippen molar-refractivity contribution in [1.82, 2.24) is 10.3 Å². The molecule has 0 saturated carbocycles. The van der Waals surface area contributed by atoms with Crippen molar-refractivity contribution in [3.63, 3.8) is 0 Å². The molecule has 2 aromatic rings. The number of nitrogens with one attached hydrogen (secondary N) is 1. The number of carbonyl (C=O) groups is 1. The fourth-order valence-electron chi connectivity index (χ4n) is 1.65. The maximum absolute atomic E-state index is 12.0. The van der Waals surface area contributed by atoms with E-state index in [-0.39, 0.29) is 11.2 Å². The molecule has 0 radical (unpaired) electrons. The van der Waals surface area contributed by atoms with E-state index in [1.807, 2.05) is 20.8 Å². The third kappa shape index (κ3) is 3.41. The topological polar surface area (TPSA) is 81.2 Å². The van der Waals surface area contributed by atoms with Gasteiger partial charge in [0, 0.05) is 17.4 Å². The van der Waals surface area contributed by atoms with Crippen LogP contribution >= 0.6 is 11.8 Å². The maximum atomic E-state index is 12.0. The van der Waals surface area contributed by atoms with Crippen LogP contribution in [0.3, 0.4) is 0 Å². The lowest BCUT2D eigenvalue weighted by atomic mass is 10.2. The summed E-state index contributed by atoms with van der Waals surface area (Å²) in [5, 5.41) is 10.1. The molecule has 0 spiro atoms. The van der Waals surface area contributed by atoms with Crippen LogP contribution < -0.4 is 5.32 Å². The first-order valence-electron chi connectivity index (χ1n) is 6.25. The largest absolute Gasteiger partial charge is 0.361 e. The van der Waals surface area contributed by atoms with Crippen LogP contribution in [0, 0.1) is 20.8 Å². The lowest BCUT2D eigenvalue weighted by Crippen LogP contribution is -2.22. The van der Waals surface area contributed by atoms with Crippen molar-refractivity contribution < 1.29 is 13.8 Å². The van der Waals surface area contributed by atoms with Gasteiger partial charge in [-0.3, -0.25) is 4.79 Å². The number of aryl methyl sites for hydroxylation is 3. The van der Waals surface area contributed by atoms with Crippen LogP contribution in [0.2, 0.25) is 0 Å². The molecule has 1 amide bonds. The zero-order chi connectivity index (χ0) is 14.7. The van der Waals surface area contributed by atoms with Gasteiger partial charge in [-0.1, -0.05) is 10.3 Å². The molecule has 0 aliphatic rings. The standard InChI is InChI=1S/C13H17N3O3S/c1-7-5-12(16-18-7)14-13(17)10(4)20-6-11-8(2)15-19-9(11)3/h5,10H,6H2,1-4H3,(H,14,16,17)/t10-/m0/s1. The molecule has 0 bridgehead atoms. The van der Waals surface area contributed by atoms with Crippen molar-refractivity contribution >= 4 is 23.5 Å². The van der Waals surface area contributed by atoms with E-state index in [4.69, 9.17) is 9.05 Å². The summed E-state index contributed by atoms with van der Waals surface area (Å²) in [4.78, 5) is 12.0. The Labute approximate surface area is 121 Å². The highest BCUT2D eigenvalue weighted by molar-refractivity contribution is 7.99. The van der Waals surface area contributed by atoms with Crippen LogP contribution in [-0.2, 0) is 10.5 Å². The number of anilines is 1. The van der Waals surface area contributed by atoms with Gasteiger partial charge in [0.1, 0.15) is 11.5 Å². The first-order chi connectivity index (χ1) is 9.47. The Balaban J connectivity index is 1.88. The molecule has 7 heteroatoms. The highest BCUT2D eigenvalue weighted by Gasteiger charge is 2.17. The molecule has 0 aliphatic heterocycles. The Morgan fingerprint density at radius 1 is 1.35 bits per heavy atom. The van der Waals surface area contributed by atoms with Crippen molar-refractivity contribution in [2.45, 2.75) is 38.7 Å². The Kier molecular flexibility index (Phi) is 4.49. The maximum Gasteiger partial charge on any atom is 0.238 e. The minimum atomic E-state index is -0.208. The first kappa shape index (κ1) is 14.6. The van der Waals surface area contributed by atoms with Gasteiger partial charge in [-0.25, -0.2) is 0 Å². The molecule has 0 aromatic carbocycles. The zero-order valence-corrected chi connectivity index (χ0v) is 12.7. The molecular weight excluding hydrogens is 278 g/mol. The average Bonchev–Trinajstić information content (AvgIpc) is 2.94. The monoisotopic (exact) mass is 295 g/mol. The summed E-state index contributed by atoms with van der Waals surface area (Å²) in [5.74, 6) is 2.49. The Morgan fingerprint density at radius 2 is 2.10 bits per heavy atom. The second-order valence-corrected chi connectivity index (χ2v) is 5.90. The van der Waals surface area contributed by atoms with Crippen LogP contribution in [0.25, 0.3) is 0 Å². The number of carbonyl (C=O) groups excluding carboxylic acids is 1. The van der Waals surface area contributed by atoms with E-state index in [0.717, 1.165) is 17.0 Å². The number of rotatable bonds is 5. The summed E-state index contributed by atoms with van der Waals surface area (Å²) in [5.41, 5.74) is 1.92. The second kappa shape index (κ2) is 6.13. The van der Waals surface area contributed by atoms with E-state index in [0.29, 0.717) is 17.3 Å². The van der Waals surface area contributed by atoms with Crippen LogP contribution in [0.15, 0.2) is 15.1 Å². The summed E-state index contributed by atoms with van der Waals surface area (Å²) in [6.07, 6.45) is 0. The van der Waals surface area contributed by atoms with E-state index in [9.17, 15) is 4.79 Å². The summed E-state index contributed by atoms with van der Waals surface area (Å²) in [6.45, 7) is 7.40. The van der Waals surface area contributed by atoms with Gasteiger partial charge in [0.2, 0.25) is 5.91 Å². The molecule has 1 atom stereocenters. The summed E-state index contributed by atoms with van der Waals surface area (Å²) in [6, 6.07) is 1.68. The number of hydrogen-bond donors (Lipinski definition) is 1. The number of thioether (sulfide) groups is 1. The molecule has 1 N–H and O–H groups in total. The van der Waals surface area contributed by atoms with Crippen LogP contribution in [0.1, 0.15) is 29.7 Å². The normalized spacial score (nSPS) is 12.4. The minimum absolute atomic E-state index is 0.102. The van der Waals surface area contributed by atoms with E-state index >= 15 is 0 Å². The van der Waals surface area contributed by atoms with E-state index in [1.54, 1.807) is 13.0 Å². The quantitative estimate of drug-likeness (QED) is 0.913. The minimum Gasteiger partial charge on any atom is -0.361 e. The smallest absolute Gasteiger partial charge is 0.238 e. The number of aromatic nitrogens is 2. The van der Waals surface area contributed by atoms with Crippen molar-refractivity contribution in [2.24, 2.45) is 0 Å². The number of nitrogens with zero attached hydrogens (tertiary/aromatic N) is 2. The number of hydrogen-bond acceptors (Lipinski definition) is 6. The van der Waals surface area contributed by atoms with Crippen molar-refractivity contribution in [1.29, 1.82) is 0 Å². The molecular formula is C13H17N3O3S. The predicted molar refractivity (Wildman–Crippen MR) is 76.6 cm³/mol. The van der Waals surface area contributed by atoms with Gasteiger partial charge in [-0.15, -0.1) is 11.8 Å². The Hall–Kier alpha value is -1.76. The summed E-state index contributed by atoms with van der Waals surface area (Å²) in [7, 11) is 0. The Morgan fingerprint density at radius 3 is 2.65 bits per heavy atom. The van der Waals surface area contributed by atoms with Crippen LogP contribution in [-0.4, -0.2) is 21.5 Å². The van der Waals surface area contributed by atoms with Gasteiger partial charge < -0.3 is 14.4 Å². The van der Waals surface area contributed by atoms with Gasteiger partial charge in [0.05, 0.1) is 10.9 Å². The molecule has 0 fully saturated rings. The van der Waals surface area contributed by atoms with E-state index in [1.165, 1.54) is 11.8 Å². The molecule has 0 unspecified atom stereocenters. The van der Waals surface area contributed by atoms with Crippen molar-refractivity contribution in [2.75, 3.05) is 5.32 Å². The molecule has 2 rings (SSSR count). The zero-order valence-electron chi connectivity index (χ0n) is 11.9. The fourth-order valence-corrected chi connectivity index (χ4v) is 2.68. The Bertz CT molecular complexity index is 586. The first-order valence-corrected chi connectivity index (χ1v) is 7.29. The fraction of sp³-hybridized carbons (Fsp3) is 0.462. The predicted octanol–water partition coefficient (Wildman–Crippen LogP) is 2.85. The molecule has 108 valence electrons. The lowest BCUT2D eigenvalue weighted by molar-refractivity contribution is -0.115. The van der Waals surface area contributed by atoms with E-state index < -0.39 is 0 Å². The molecule has 0 aliphatic carbocycles. The van der Waals surface area contributed by atoms with Crippen molar-refractivity contribution in [3.05, 3.63) is 28.8 Å². The average molecular weight is 295 g/mol. The van der Waals surface area contributed by atoms with Gasteiger partial charge in [-0.2, -0.15) is 0 Å². The molecule has 20 heavy (non-hydrogen) atoms.